The van der Waals surface area contributed by atoms with Gasteiger partial charge in [0.25, 0.3) is 0 Å². The third-order valence-electron chi connectivity index (χ3n) is 4.40. The van der Waals surface area contributed by atoms with Crippen LogP contribution in [0.3, 0.4) is 0 Å². The van der Waals surface area contributed by atoms with E-state index in [0.717, 1.165) is 38.0 Å². The number of carbonyl (C=O) groups excluding carboxylic acids is 1. The first-order valence-electron chi connectivity index (χ1n) is 7.80. The summed E-state index contributed by atoms with van der Waals surface area (Å²) in [6, 6.07) is 6.22. The zero-order valence-corrected chi connectivity index (χ0v) is 12.7. The molecule has 5 nitrogen and oxygen atoms in total. The third kappa shape index (κ3) is 4.25. The van der Waals surface area contributed by atoms with Gasteiger partial charge in [0.15, 0.2) is 0 Å². The van der Waals surface area contributed by atoms with Gasteiger partial charge < -0.3 is 11.5 Å². The van der Waals surface area contributed by atoms with E-state index in [0.29, 0.717) is 12.3 Å². The topological polar surface area (TPSA) is 85.2 Å². The molecular formula is C16H26N4O. The van der Waals surface area contributed by atoms with Gasteiger partial charge in [-0.15, -0.1) is 0 Å². The van der Waals surface area contributed by atoms with Gasteiger partial charge in [0.2, 0.25) is 5.91 Å². The number of carbonyl (C=O) groups is 1. The fourth-order valence-electron chi connectivity index (χ4n) is 3.17. The Morgan fingerprint density at radius 1 is 1.43 bits per heavy atom. The van der Waals surface area contributed by atoms with Crippen LogP contribution in [0.1, 0.15) is 44.3 Å². The van der Waals surface area contributed by atoms with Gasteiger partial charge in [-0.2, -0.15) is 0 Å². The molecule has 116 valence electrons. The lowest BCUT2D eigenvalue weighted by Crippen LogP contribution is -2.45. The zero-order chi connectivity index (χ0) is 15.2. The molecule has 21 heavy (non-hydrogen) atoms. The molecule has 1 fully saturated rings. The molecule has 0 aromatic carbocycles. The highest BCUT2D eigenvalue weighted by Crippen LogP contribution is 2.29. The molecule has 2 unspecified atom stereocenters. The smallest absolute Gasteiger partial charge is 0.217 e. The average Bonchev–Trinajstić information content (AvgIpc) is 2.49. The van der Waals surface area contributed by atoms with Crippen molar-refractivity contribution in [1.29, 1.82) is 0 Å². The van der Waals surface area contributed by atoms with E-state index in [1.54, 1.807) is 0 Å². The quantitative estimate of drug-likeness (QED) is 0.830. The molecule has 1 aliphatic rings. The van der Waals surface area contributed by atoms with Crippen LogP contribution in [0.5, 0.6) is 0 Å². The van der Waals surface area contributed by atoms with Gasteiger partial charge in [0.1, 0.15) is 0 Å². The summed E-state index contributed by atoms with van der Waals surface area (Å²) >= 11 is 0. The number of hydrogen-bond donors (Lipinski definition) is 2. The second kappa shape index (κ2) is 7.52. The molecule has 0 spiro atoms. The first kappa shape index (κ1) is 15.9. The summed E-state index contributed by atoms with van der Waals surface area (Å²) in [7, 11) is 0. The molecule has 2 atom stereocenters. The maximum Gasteiger partial charge on any atom is 0.217 e. The van der Waals surface area contributed by atoms with Crippen molar-refractivity contribution in [2.24, 2.45) is 17.4 Å². The molecular weight excluding hydrogens is 264 g/mol. The highest BCUT2D eigenvalue weighted by molar-refractivity contribution is 5.73. The number of nitrogens with two attached hydrogens (primary N) is 2. The lowest BCUT2D eigenvalue weighted by molar-refractivity contribution is -0.119. The van der Waals surface area contributed by atoms with Crippen LogP contribution in [0.15, 0.2) is 24.4 Å². The number of hydrogen-bond acceptors (Lipinski definition) is 4. The molecule has 1 aliphatic heterocycles. The standard InChI is InChI=1S/C16H26N4O/c1-2-13(17)16(14-5-3-4-8-19-14)20-9-6-12(7-10-20)11-15(18)21/h3-5,8,12-13,16H,2,6-7,9-11,17H2,1H3,(H2,18,21). The number of likely N-dealkylation sites (tertiary alicyclic amines) is 1. The minimum Gasteiger partial charge on any atom is -0.370 e. The van der Waals surface area contributed by atoms with Crippen molar-refractivity contribution in [3.63, 3.8) is 0 Å². The van der Waals surface area contributed by atoms with Gasteiger partial charge >= 0.3 is 0 Å². The predicted molar refractivity (Wildman–Crippen MR) is 83.4 cm³/mol. The van der Waals surface area contributed by atoms with E-state index < -0.39 is 0 Å². The molecule has 0 saturated carbocycles. The van der Waals surface area contributed by atoms with Crippen LogP contribution in [-0.2, 0) is 4.79 Å². The Hall–Kier alpha value is -1.46. The number of rotatable bonds is 6. The first-order valence-corrected chi connectivity index (χ1v) is 7.80. The fraction of sp³-hybridized carbons (Fsp3) is 0.625. The molecule has 1 saturated heterocycles. The number of piperidine rings is 1. The van der Waals surface area contributed by atoms with Gasteiger partial charge in [-0.25, -0.2) is 0 Å². The van der Waals surface area contributed by atoms with E-state index in [4.69, 9.17) is 11.5 Å². The summed E-state index contributed by atoms with van der Waals surface area (Å²) in [6.07, 6.45) is 5.25. The number of nitrogens with zero attached hydrogens (tertiary/aromatic N) is 2. The molecule has 1 amide bonds. The summed E-state index contributed by atoms with van der Waals surface area (Å²) in [5.41, 5.74) is 12.7. The first-order chi connectivity index (χ1) is 10.1. The van der Waals surface area contributed by atoms with E-state index in [-0.39, 0.29) is 18.0 Å². The predicted octanol–water partition coefficient (Wildman–Crippen LogP) is 1.45. The molecule has 4 N–H and O–H groups in total. The number of primary amides is 1. The summed E-state index contributed by atoms with van der Waals surface area (Å²) < 4.78 is 0. The summed E-state index contributed by atoms with van der Waals surface area (Å²) in [4.78, 5) is 17.9. The number of amides is 1. The highest BCUT2D eigenvalue weighted by atomic mass is 16.1. The Labute approximate surface area is 126 Å². The van der Waals surface area contributed by atoms with Crippen LogP contribution in [0, 0.1) is 5.92 Å². The summed E-state index contributed by atoms with van der Waals surface area (Å²) in [6.45, 7) is 4.01. The molecule has 1 aromatic rings. The van der Waals surface area contributed by atoms with Crippen molar-refractivity contribution >= 4 is 5.91 Å². The Balaban J connectivity index is 2.04. The minimum absolute atomic E-state index is 0.0765. The van der Waals surface area contributed by atoms with Crippen LogP contribution in [0.2, 0.25) is 0 Å². The molecule has 0 bridgehead atoms. The van der Waals surface area contributed by atoms with Gasteiger partial charge in [0.05, 0.1) is 11.7 Å². The van der Waals surface area contributed by atoms with Crippen LogP contribution < -0.4 is 11.5 Å². The molecule has 0 radical (unpaired) electrons. The minimum atomic E-state index is -0.194. The van der Waals surface area contributed by atoms with Crippen LogP contribution in [-0.4, -0.2) is 34.9 Å². The second-order valence-electron chi connectivity index (χ2n) is 5.92. The maximum absolute atomic E-state index is 11.0. The largest absolute Gasteiger partial charge is 0.370 e. The third-order valence-corrected chi connectivity index (χ3v) is 4.40. The Kier molecular flexibility index (Phi) is 5.70. The van der Waals surface area contributed by atoms with Crippen molar-refractivity contribution < 1.29 is 4.79 Å². The van der Waals surface area contributed by atoms with Crippen molar-refractivity contribution in [3.05, 3.63) is 30.1 Å². The Bertz CT molecular complexity index is 443. The van der Waals surface area contributed by atoms with E-state index in [1.807, 2.05) is 18.3 Å². The highest BCUT2D eigenvalue weighted by Gasteiger charge is 2.30. The van der Waals surface area contributed by atoms with Crippen LogP contribution in [0.4, 0.5) is 0 Å². The van der Waals surface area contributed by atoms with Gasteiger partial charge in [-0.1, -0.05) is 13.0 Å². The van der Waals surface area contributed by atoms with E-state index in [1.165, 1.54) is 0 Å². The monoisotopic (exact) mass is 290 g/mol. The van der Waals surface area contributed by atoms with E-state index >= 15 is 0 Å². The van der Waals surface area contributed by atoms with Gasteiger partial charge in [-0.05, 0) is 50.4 Å². The zero-order valence-electron chi connectivity index (χ0n) is 12.7. The molecule has 2 rings (SSSR count). The molecule has 2 heterocycles. The van der Waals surface area contributed by atoms with Gasteiger partial charge in [0, 0.05) is 18.7 Å². The number of aromatic nitrogens is 1. The van der Waals surface area contributed by atoms with Crippen molar-refractivity contribution in [2.75, 3.05) is 13.1 Å². The molecule has 1 aromatic heterocycles. The van der Waals surface area contributed by atoms with Crippen molar-refractivity contribution in [1.82, 2.24) is 9.88 Å². The normalized spacial score (nSPS) is 20.1. The van der Waals surface area contributed by atoms with E-state index in [9.17, 15) is 4.79 Å². The Morgan fingerprint density at radius 2 is 2.14 bits per heavy atom. The van der Waals surface area contributed by atoms with Crippen LogP contribution in [0.25, 0.3) is 0 Å². The summed E-state index contributed by atoms with van der Waals surface area (Å²) in [5, 5.41) is 0. The lowest BCUT2D eigenvalue weighted by atomic mass is 9.90. The average molecular weight is 290 g/mol. The number of pyridine rings is 1. The van der Waals surface area contributed by atoms with Gasteiger partial charge in [-0.3, -0.25) is 14.7 Å². The van der Waals surface area contributed by atoms with Crippen molar-refractivity contribution in [2.45, 2.75) is 44.7 Å². The van der Waals surface area contributed by atoms with Crippen molar-refractivity contribution in [3.8, 4) is 0 Å². The van der Waals surface area contributed by atoms with E-state index in [2.05, 4.69) is 22.9 Å². The maximum atomic E-state index is 11.0. The second-order valence-corrected chi connectivity index (χ2v) is 5.92. The molecule has 0 aliphatic carbocycles. The molecule has 5 heteroatoms. The summed E-state index contributed by atoms with van der Waals surface area (Å²) in [5.74, 6) is 0.223. The SMILES string of the molecule is CCC(N)C(c1ccccn1)N1CCC(CC(N)=O)CC1. The Morgan fingerprint density at radius 3 is 2.67 bits per heavy atom. The fourth-order valence-corrected chi connectivity index (χ4v) is 3.17. The lowest BCUT2D eigenvalue weighted by Gasteiger charge is -2.39. The van der Waals surface area contributed by atoms with Crippen LogP contribution >= 0.6 is 0 Å².